The van der Waals surface area contributed by atoms with Crippen LogP contribution in [-0.2, 0) is 0 Å². The highest BCUT2D eigenvalue weighted by Crippen LogP contribution is 2.56. The number of rotatable bonds is 14. The van der Waals surface area contributed by atoms with Crippen LogP contribution in [0.25, 0.3) is 128 Å². The van der Waals surface area contributed by atoms with Gasteiger partial charge in [0.05, 0.1) is 22.4 Å². The van der Waals surface area contributed by atoms with Crippen molar-refractivity contribution in [2.24, 2.45) is 0 Å². The molecule has 21 aromatic rings. The number of aromatic nitrogens is 1. The van der Waals surface area contributed by atoms with Crippen LogP contribution in [0.1, 0.15) is 77.9 Å². The Morgan fingerprint density at radius 1 is 0.163 bits per heavy atom. The molecule has 25 rings (SSSR count). The summed E-state index contributed by atoms with van der Waals surface area (Å²) in [7, 11) is 0. The van der Waals surface area contributed by atoms with Crippen molar-refractivity contribution < 1.29 is 0 Å². The molecule has 0 saturated heterocycles. The molecule has 141 heavy (non-hydrogen) atoms. The minimum Gasteiger partial charge on any atom is -0.311 e. The molecule has 4 aliphatic heterocycles. The first-order valence-corrected chi connectivity index (χ1v) is 49.8. The standard InChI is InChI=1S/C134H107B2N5/c1-80-32-24-33-81(2)125(80)96-54-62-104(63-55-96)137-117-68-60-100(129-88(9)40-28-41-89(129)10)72-111(117)136-114-78-113-119(79-120(114)141(122-75-102(74-121(137)132(122)136)131-92(13)44-30-45-93(131)14)134-107(94-46-18-15-19-47-94)52-31-53-108(134)95-48-20-16-21-49-95)139(103-50-22-17-23-51-103)124-77-106(140-115-66-58-98(127-84(5)36-26-37-85(127)6)70-109(115)110-71-99(59-67-116(110)140)128-86(7)38-27-39-87(128)8)76-123-133(124)135(113)112-73-101(130-90(11)42-29-43-91(130)12)61-69-118(112)138(123)105-64-56-97(57-65-105)126-82(3)34-25-35-83(126)4/h15-79H,1-14H3. The van der Waals surface area contributed by atoms with E-state index in [9.17, 15) is 0 Å². The van der Waals surface area contributed by atoms with Crippen molar-refractivity contribution in [2.45, 2.75) is 96.9 Å². The topological polar surface area (TPSA) is 17.9 Å². The second-order valence-corrected chi connectivity index (χ2v) is 40.1. The van der Waals surface area contributed by atoms with Crippen molar-refractivity contribution in [3.05, 3.63) is 472 Å². The Labute approximate surface area is 829 Å². The van der Waals surface area contributed by atoms with Crippen LogP contribution < -0.4 is 52.4 Å². The average Bonchev–Trinajstić information content (AvgIpc) is 0.985. The van der Waals surface area contributed by atoms with Crippen molar-refractivity contribution in [3.8, 4) is 106 Å². The van der Waals surface area contributed by atoms with Crippen LogP contribution >= 0.6 is 0 Å². The quantitative estimate of drug-likeness (QED) is 0.101. The van der Waals surface area contributed by atoms with Gasteiger partial charge in [-0.3, -0.25) is 0 Å². The van der Waals surface area contributed by atoms with Crippen molar-refractivity contribution in [1.29, 1.82) is 0 Å². The number of nitrogens with zero attached hydrogens (tertiary/aromatic N) is 5. The predicted molar refractivity (Wildman–Crippen MR) is 604 cm³/mol. The third-order valence-electron chi connectivity index (χ3n) is 31.3. The summed E-state index contributed by atoms with van der Waals surface area (Å²) in [6.07, 6.45) is 0. The van der Waals surface area contributed by atoms with Gasteiger partial charge in [0.15, 0.2) is 0 Å². The minimum atomic E-state index is -0.375. The van der Waals surface area contributed by atoms with Crippen LogP contribution in [0.15, 0.2) is 394 Å². The summed E-state index contributed by atoms with van der Waals surface area (Å²) in [5.74, 6) is 0. The lowest BCUT2D eigenvalue weighted by Gasteiger charge is -2.48. The molecule has 0 aliphatic carbocycles. The molecule has 0 unspecified atom stereocenters. The number of benzene rings is 20. The van der Waals surface area contributed by atoms with Gasteiger partial charge in [0.25, 0.3) is 13.4 Å². The van der Waals surface area contributed by atoms with Crippen LogP contribution in [0.3, 0.4) is 0 Å². The maximum absolute atomic E-state index is 2.77. The van der Waals surface area contributed by atoms with Gasteiger partial charge in [-0.25, -0.2) is 0 Å². The zero-order valence-corrected chi connectivity index (χ0v) is 82.4. The second kappa shape index (κ2) is 33.7. The molecule has 674 valence electrons. The van der Waals surface area contributed by atoms with E-state index in [0.717, 1.165) is 113 Å². The molecule has 5 heterocycles. The predicted octanol–water partition coefficient (Wildman–Crippen LogP) is 32.3. The molecule has 0 N–H and O–H groups in total. The van der Waals surface area contributed by atoms with Crippen molar-refractivity contribution >= 4 is 136 Å². The molecule has 5 nitrogen and oxygen atoms in total. The zero-order valence-electron chi connectivity index (χ0n) is 82.4. The van der Waals surface area contributed by atoms with Crippen LogP contribution in [0.4, 0.5) is 68.2 Å². The smallest absolute Gasteiger partial charge is 0.252 e. The first-order chi connectivity index (χ1) is 68.8. The molecule has 0 amide bonds. The van der Waals surface area contributed by atoms with E-state index < -0.39 is 0 Å². The van der Waals surface area contributed by atoms with E-state index in [1.165, 1.54) is 194 Å². The molecule has 0 fully saturated rings. The molecule has 0 radical (unpaired) electrons. The van der Waals surface area contributed by atoms with Crippen LogP contribution in [-0.4, -0.2) is 18.0 Å². The van der Waals surface area contributed by atoms with Crippen LogP contribution in [0, 0.1) is 96.9 Å². The Bertz CT molecular complexity index is 8480. The maximum Gasteiger partial charge on any atom is 0.252 e. The van der Waals surface area contributed by atoms with Gasteiger partial charge in [-0.05, 0) is 400 Å². The van der Waals surface area contributed by atoms with Crippen molar-refractivity contribution in [1.82, 2.24) is 4.57 Å². The highest BCUT2D eigenvalue weighted by molar-refractivity contribution is 7.03. The lowest BCUT2D eigenvalue weighted by Crippen LogP contribution is -2.65. The number of aryl methyl sites for hydroxylation is 14. The number of para-hydroxylation sites is 2. The molecule has 1 aromatic heterocycles. The molecule has 0 saturated carbocycles. The largest absolute Gasteiger partial charge is 0.311 e. The zero-order chi connectivity index (χ0) is 95.8. The third-order valence-corrected chi connectivity index (χ3v) is 31.3. The van der Waals surface area contributed by atoms with Crippen molar-refractivity contribution in [2.75, 3.05) is 19.6 Å². The highest BCUT2D eigenvalue weighted by Gasteiger charge is 2.50. The van der Waals surface area contributed by atoms with E-state index in [0.29, 0.717) is 0 Å². The summed E-state index contributed by atoms with van der Waals surface area (Å²) in [6, 6.07) is 153. The maximum atomic E-state index is 2.77. The third kappa shape index (κ3) is 13.8. The highest BCUT2D eigenvalue weighted by atomic mass is 15.2. The first kappa shape index (κ1) is 86.1. The van der Waals surface area contributed by atoms with Gasteiger partial charge in [0.2, 0.25) is 0 Å². The summed E-state index contributed by atoms with van der Waals surface area (Å²) in [6.45, 7) is 31.1. The summed E-state index contributed by atoms with van der Waals surface area (Å²) >= 11 is 0. The van der Waals surface area contributed by atoms with Crippen LogP contribution in [0.5, 0.6) is 0 Å². The average molecular weight is 1810 g/mol. The Hall–Kier alpha value is -16.5. The number of fused-ring (bicyclic) bond motifs is 11. The summed E-state index contributed by atoms with van der Waals surface area (Å²) < 4.78 is 2.61. The molecule has 0 bridgehead atoms. The Morgan fingerprint density at radius 3 is 0.794 bits per heavy atom. The van der Waals surface area contributed by atoms with E-state index in [2.05, 4.69) is 515 Å². The van der Waals surface area contributed by atoms with E-state index in [1.807, 2.05) is 0 Å². The molecule has 0 spiro atoms. The fourth-order valence-corrected chi connectivity index (χ4v) is 25.3. The van der Waals surface area contributed by atoms with E-state index >= 15 is 0 Å². The van der Waals surface area contributed by atoms with Gasteiger partial charge < -0.3 is 24.2 Å². The Kier molecular flexibility index (Phi) is 20.6. The van der Waals surface area contributed by atoms with Gasteiger partial charge in [0.1, 0.15) is 0 Å². The molecule has 20 aromatic carbocycles. The van der Waals surface area contributed by atoms with Gasteiger partial charge in [-0.15, -0.1) is 0 Å². The number of hydrogen-bond donors (Lipinski definition) is 0. The van der Waals surface area contributed by atoms with Crippen LogP contribution in [0.2, 0.25) is 0 Å². The van der Waals surface area contributed by atoms with Gasteiger partial charge in [-0.1, -0.05) is 291 Å². The Balaban J connectivity index is 0.849. The monoisotopic (exact) mass is 1810 g/mol. The minimum absolute atomic E-state index is 0.364. The number of hydrogen-bond acceptors (Lipinski definition) is 4. The second-order valence-electron chi connectivity index (χ2n) is 40.1. The Morgan fingerprint density at radius 2 is 0.433 bits per heavy atom. The SMILES string of the molecule is Cc1cccc(C)c1-c1ccc(N2c3ccc(-c4c(C)cccc4C)cc3B3c4cc5c(cc4N(c4ccccc4)c4cc(-n6c7ccc(-c8c(C)cccc8C)cc7c7cc(-c8c(C)cccc8C)ccc76)cc2c43)N(c2c(-c3ccccc3)cccc2-c2ccccc2)c2cc(-c3c(C)cccc3C)cc3c2B5c2cc(-c4c(C)cccc4C)ccc2N3c2ccc(-c3c(C)cccc3C)cc2)cc1. The molecule has 4 aliphatic rings. The fraction of sp³-hybridized carbons (Fsp3) is 0.104. The fourth-order valence-electron chi connectivity index (χ4n) is 25.3. The van der Waals surface area contributed by atoms with Gasteiger partial charge >= 0.3 is 0 Å². The van der Waals surface area contributed by atoms with E-state index in [4.69, 9.17) is 0 Å². The lowest BCUT2D eigenvalue weighted by molar-refractivity contribution is 1.16. The number of anilines is 12. The molecule has 0 atom stereocenters. The van der Waals surface area contributed by atoms with Gasteiger partial charge in [0, 0.05) is 84.5 Å². The summed E-state index contributed by atoms with van der Waals surface area (Å²) in [4.78, 5) is 10.8. The first-order valence-electron chi connectivity index (χ1n) is 49.8. The summed E-state index contributed by atoms with van der Waals surface area (Å²) in [5.41, 5.74) is 62.8. The van der Waals surface area contributed by atoms with Crippen molar-refractivity contribution in [3.63, 3.8) is 0 Å². The molecular weight excluding hydrogens is 1700 g/mol. The van der Waals surface area contributed by atoms with E-state index in [1.54, 1.807) is 0 Å². The molecule has 7 heteroatoms. The normalized spacial score (nSPS) is 12.7. The lowest BCUT2D eigenvalue weighted by atomic mass is 9.30. The molecular formula is C134H107B2N5. The summed E-state index contributed by atoms with van der Waals surface area (Å²) in [5, 5.41) is 2.38. The van der Waals surface area contributed by atoms with E-state index in [-0.39, 0.29) is 13.4 Å². The van der Waals surface area contributed by atoms with Gasteiger partial charge in [-0.2, -0.15) is 0 Å².